The minimum absolute atomic E-state index is 0.0871. The molecule has 2 nitrogen and oxygen atoms in total. The monoisotopic (exact) mass is 352 g/mol. The highest BCUT2D eigenvalue weighted by Gasteiger charge is 2.08. The summed E-state index contributed by atoms with van der Waals surface area (Å²) in [4.78, 5) is 12.1. The molecule has 0 aliphatic heterocycles. The van der Waals surface area contributed by atoms with E-state index in [1.807, 2.05) is 24.3 Å². The molecule has 0 amide bonds. The zero-order valence-corrected chi connectivity index (χ0v) is 13.4. The van der Waals surface area contributed by atoms with Crippen LogP contribution in [0.15, 0.2) is 46.9 Å². The van der Waals surface area contributed by atoms with E-state index in [4.69, 9.17) is 16.3 Å². The molecule has 0 aliphatic carbocycles. The second kappa shape index (κ2) is 6.91. The Morgan fingerprint density at radius 2 is 1.90 bits per heavy atom. The van der Waals surface area contributed by atoms with Crippen LogP contribution in [0.2, 0.25) is 5.02 Å². The fourth-order valence-electron chi connectivity index (χ4n) is 1.91. The van der Waals surface area contributed by atoms with Crippen LogP contribution in [0, 0.1) is 0 Å². The number of rotatable bonds is 5. The van der Waals surface area contributed by atoms with Gasteiger partial charge in [-0.25, -0.2) is 0 Å². The molecule has 2 aromatic rings. The molecular weight excluding hydrogens is 340 g/mol. The van der Waals surface area contributed by atoms with E-state index in [0.717, 1.165) is 15.8 Å². The van der Waals surface area contributed by atoms with E-state index in [-0.39, 0.29) is 5.78 Å². The molecule has 20 heavy (non-hydrogen) atoms. The fraction of sp³-hybridized carbons (Fsp3) is 0.188. The van der Waals surface area contributed by atoms with Crippen LogP contribution in [0.4, 0.5) is 0 Å². The number of ether oxygens (including phenoxy) is 1. The number of benzene rings is 2. The van der Waals surface area contributed by atoms with Crippen molar-refractivity contribution >= 4 is 33.3 Å². The zero-order chi connectivity index (χ0) is 14.5. The van der Waals surface area contributed by atoms with Crippen LogP contribution >= 0.6 is 27.5 Å². The average molecular weight is 354 g/mol. The van der Waals surface area contributed by atoms with Gasteiger partial charge in [-0.1, -0.05) is 39.7 Å². The van der Waals surface area contributed by atoms with Crippen molar-refractivity contribution in [2.24, 2.45) is 0 Å². The van der Waals surface area contributed by atoms with Gasteiger partial charge in [-0.2, -0.15) is 0 Å². The summed E-state index contributed by atoms with van der Waals surface area (Å²) >= 11 is 9.29. The smallest absolute Gasteiger partial charge is 0.163 e. The SMILES string of the molecule is COc1ccc(CCC(=O)c2cc(Cl)cc(Br)c2)cc1. The Kier molecular flexibility index (Phi) is 5.21. The van der Waals surface area contributed by atoms with Crippen molar-refractivity contribution in [3.63, 3.8) is 0 Å². The summed E-state index contributed by atoms with van der Waals surface area (Å²) in [5.41, 5.74) is 1.75. The summed E-state index contributed by atoms with van der Waals surface area (Å²) < 4.78 is 5.92. The number of hydrogen-bond acceptors (Lipinski definition) is 2. The number of ketones is 1. The topological polar surface area (TPSA) is 26.3 Å². The lowest BCUT2D eigenvalue weighted by molar-refractivity contribution is 0.0983. The molecule has 0 bridgehead atoms. The van der Waals surface area contributed by atoms with Gasteiger partial charge in [0.25, 0.3) is 0 Å². The van der Waals surface area contributed by atoms with Crippen LogP contribution in [-0.2, 0) is 6.42 Å². The van der Waals surface area contributed by atoms with Crippen molar-refractivity contribution in [1.29, 1.82) is 0 Å². The average Bonchev–Trinajstić information content (AvgIpc) is 2.44. The predicted octanol–water partition coefficient (Wildman–Crippen LogP) is 4.93. The van der Waals surface area contributed by atoms with Crippen molar-refractivity contribution in [3.05, 3.63) is 63.1 Å². The molecule has 0 radical (unpaired) electrons. The molecule has 0 N–H and O–H groups in total. The summed E-state index contributed by atoms with van der Waals surface area (Å²) in [6, 6.07) is 13.0. The Balaban J connectivity index is 2.00. The lowest BCUT2D eigenvalue weighted by Crippen LogP contribution is -2.01. The van der Waals surface area contributed by atoms with Gasteiger partial charge in [0.2, 0.25) is 0 Å². The van der Waals surface area contributed by atoms with Gasteiger partial charge >= 0.3 is 0 Å². The summed E-state index contributed by atoms with van der Waals surface area (Å²) in [5, 5.41) is 0.562. The van der Waals surface area contributed by atoms with Gasteiger partial charge < -0.3 is 4.74 Å². The van der Waals surface area contributed by atoms with E-state index in [1.165, 1.54) is 0 Å². The van der Waals surface area contributed by atoms with Gasteiger partial charge in [0.05, 0.1) is 7.11 Å². The molecule has 0 fully saturated rings. The molecule has 0 aliphatic rings. The van der Waals surface area contributed by atoms with E-state index in [0.29, 0.717) is 23.4 Å². The molecule has 104 valence electrons. The maximum atomic E-state index is 12.1. The normalized spacial score (nSPS) is 10.3. The first-order valence-corrected chi connectivity index (χ1v) is 7.38. The Hall–Kier alpha value is -1.32. The van der Waals surface area contributed by atoms with E-state index < -0.39 is 0 Å². The maximum Gasteiger partial charge on any atom is 0.163 e. The molecule has 0 unspecified atom stereocenters. The molecule has 4 heteroatoms. The maximum absolute atomic E-state index is 12.1. The number of carbonyl (C=O) groups is 1. The first-order chi connectivity index (χ1) is 9.58. The van der Waals surface area contributed by atoms with Gasteiger partial charge in [0, 0.05) is 21.5 Å². The summed E-state index contributed by atoms with van der Waals surface area (Å²) in [7, 11) is 1.63. The Labute approximate surface area is 131 Å². The van der Waals surface area contributed by atoms with Gasteiger partial charge in [-0.3, -0.25) is 4.79 Å². The van der Waals surface area contributed by atoms with E-state index in [2.05, 4.69) is 15.9 Å². The molecule has 2 aromatic carbocycles. The van der Waals surface area contributed by atoms with Crippen LogP contribution in [0.3, 0.4) is 0 Å². The van der Waals surface area contributed by atoms with Gasteiger partial charge in [-0.05, 0) is 42.3 Å². The number of carbonyl (C=O) groups excluding carboxylic acids is 1. The molecule has 0 spiro atoms. The molecule has 0 aromatic heterocycles. The summed E-state index contributed by atoms with van der Waals surface area (Å²) in [5.74, 6) is 0.905. The first kappa shape index (κ1) is 15.1. The molecule has 0 atom stereocenters. The minimum Gasteiger partial charge on any atom is -0.497 e. The molecule has 0 saturated heterocycles. The number of Topliss-reactive ketones (excluding diaryl/α,β-unsaturated/α-hetero) is 1. The van der Waals surface area contributed by atoms with Crippen LogP contribution < -0.4 is 4.74 Å². The zero-order valence-electron chi connectivity index (χ0n) is 11.0. The van der Waals surface area contributed by atoms with E-state index >= 15 is 0 Å². The van der Waals surface area contributed by atoms with E-state index in [9.17, 15) is 4.79 Å². The minimum atomic E-state index is 0.0871. The highest BCUT2D eigenvalue weighted by Crippen LogP contribution is 2.21. The van der Waals surface area contributed by atoms with Crippen LogP contribution in [0.25, 0.3) is 0 Å². The highest BCUT2D eigenvalue weighted by molar-refractivity contribution is 9.10. The van der Waals surface area contributed by atoms with Crippen molar-refractivity contribution in [3.8, 4) is 5.75 Å². The molecular formula is C16H14BrClO2. The summed E-state index contributed by atoms with van der Waals surface area (Å²) in [6.07, 6.45) is 1.16. The number of methoxy groups -OCH3 is 1. The standard InChI is InChI=1S/C16H14BrClO2/c1-20-15-5-2-11(3-6-15)4-7-16(19)12-8-13(17)10-14(18)9-12/h2-3,5-6,8-10H,4,7H2,1H3. The second-order valence-electron chi connectivity index (χ2n) is 4.43. The molecule has 0 heterocycles. The lowest BCUT2D eigenvalue weighted by Gasteiger charge is -2.05. The predicted molar refractivity (Wildman–Crippen MR) is 84.8 cm³/mol. The third kappa shape index (κ3) is 4.09. The van der Waals surface area contributed by atoms with E-state index in [1.54, 1.807) is 25.3 Å². The van der Waals surface area contributed by atoms with Crippen molar-refractivity contribution in [1.82, 2.24) is 0 Å². The largest absolute Gasteiger partial charge is 0.497 e. The lowest BCUT2D eigenvalue weighted by atomic mass is 10.0. The Bertz CT molecular complexity index is 588. The number of aryl methyl sites for hydroxylation is 1. The third-order valence-electron chi connectivity index (χ3n) is 2.98. The number of halogens is 2. The van der Waals surface area contributed by atoms with Gasteiger partial charge in [0.15, 0.2) is 5.78 Å². The van der Waals surface area contributed by atoms with Crippen LogP contribution in [-0.4, -0.2) is 12.9 Å². The first-order valence-electron chi connectivity index (χ1n) is 6.20. The van der Waals surface area contributed by atoms with Crippen LogP contribution in [0.5, 0.6) is 5.75 Å². The van der Waals surface area contributed by atoms with Gasteiger partial charge in [-0.15, -0.1) is 0 Å². The Morgan fingerprint density at radius 1 is 1.20 bits per heavy atom. The van der Waals surface area contributed by atoms with Crippen molar-refractivity contribution < 1.29 is 9.53 Å². The second-order valence-corrected chi connectivity index (χ2v) is 5.78. The van der Waals surface area contributed by atoms with Crippen LogP contribution in [0.1, 0.15) is 22.3 Å². The molecule has 2 rings (SSSR count). The quantitative estimate of drug-likeness (QED) is 0.713. The van der Waals surface area contributed by atoms with Crippen molar-refractivity contribution in [2.45, 2.75) is 12.8 Å². The number of hydrogen-bond donors (Lipinski definition) is 0. The summed E-state index contributed by atoms with van der Waals surface area (Å²) in [6.45, 7) is 0. The highest BCUT2D eigenvalue weighted by atomic mass is 79.9. The van der Waals surface area contributed by atoms with Crippen molar-refractivity contribution in [2.75, 3.05) is 7.11 Å². The Morgan fingerprint density at radius 3 is 2.50 bits per heavy atom. The third-order valence-corrected chi connectivity index (χ3v) is 3.66. The molecule has 0 saturated carbocycles. The van der Waals surface area contributed by atoms with Gasteiger partial charge in [0.1, 0.15) is 5.75 Å². The fourth-order valence-corrected chi connectivity index (χ4v) is 2.77.